The number of thioether (sulfide) groups is 2. The van der Waals surface area contributed by atoms with Crippen molar-refractivity contribution in [3.63, 3.8) is 0 Å². The Hall–Kier alpha value is -0.750. The van der Waals surface area contributed by atoms with Crippen molar-refractivity contribution in [1.82, 2.24) is 9.97 Å². The minimum atomic E-state index is -0.965. The van der Waals surface area contributed by atoms with Crippen LogP contribution in [0, 0.1) is 6.92 Å². The summed E-state index contributed by atoms with van der Waals surface area (Å²) in [6.45, 7) is 3.89. The molecule has 92 valence electrons. The average Bonchev–Trinajstić information content (AvgIpc) is 2.29. The van der Waals surface area contributed by atoms with Gasteiger partial charge in [0.25, 0.3) is 0 Å². The van der Waals surface area contributed by atoms with E-state index in [0.717, 1.165) is 17.3 Å². The molecule has 2 rings (SSSR count). The Morgan fingerprint density at radius 1 is 1.47 bits per heavy atom. The predicted octanol–water partition coefficient (Wildman–Crippen LogP) is 2.39. The number of aryl methyl sites for hydroxylation is 1. The van der Waals surface area contributed by atoms with Gasteiger partial charge in [0.05, 0.1) is 16.5 Å². The van der Waals surface area contributed by atoms with Crippen LogP contribution in [-0.4, -0.2) is 37.8 Å². The molecule has 2 atom stereocenters. The van der Waals surface area contributed by atoms with Gasteiger partial charge in [-0.2, -0.15) is 11.8 Å². The quantitative estimate of drug-likeness (QED) is 0.890. The largest absolute Gasteiger partial charge is 0.478 e. The van der Waals surface area contributed by atoms with Gasteiger partial charge in [0.2, 0.25) is 0 Å². The summed E-state index contributed by atoms with van der Waals surface area (Å²) in [6.07, 6.45) is 1.42. The highest BCUT2D eigenvalue weighted by atomic mass is 32.2. The van der Waals surface area contributed by atoms with Crippen LogP contribution in [0.4, 0.5) is 0 Å². The van der Waals surface area contributed by atoms with E-state index in [9.17, 15) is 4.79 Å². The highest BCUT2D eigenvalue weighted by molar-refractivity contribution is 8.06. The molecule has 0 spiro atoms. The van der Waals surface area contributed by atoms with Crippen LogP contribution in [0.25, 0.3) is 0 Å². The Balaban J connectivity index is 2.27. The second-order valence-electron chi connectivity index (χ2n) is 3.90. The lowest BCUT2D eigenvalue weighted by Gasteiger charge is -2.26. The number of aromatic nitrogens is 2. The van der Waals surface area contributed by atoms with Crippen LogP contribution in [0.15, 0.2) is 6.20 Å². The fourth-order valence-electron chi connectivity index (χ4n) is 1.75. The van der Waals surface area contributed by atoms with Crippen molar-refractivity contribution in [1.29, 1.82) is 0 Å². The highest BCUT2D eigenvalue weighted by Crippen LogP contribution is 2.40. The van der Waals surface area contributed by atoms with Gasteiger partial charge in [0.1, 0.15) is 5.82 Å². The molecule has 0 amide bonds. The first-order chi connectivity index (χ1) is 8.09. The van der Waals surface area contributed by atoms with Crippen molar-refractivity contribution in [3.05, 3.63) is 23.3 Å². The Morgan fingerprint density at radius 3 is 2.76 bits per heavy atom. The summed E-state index contributed by atoms with van der Waals surface area (Å²) in [5.41, 5.74) is 0.737. The summed E-state index contributed by atoms with van der Waals surface area (Å²) in [7, 11) is 0. The number of aromatic carboxylic acids is 1. The molecule has 17 heavy (non-hydrogen) atoms. The molecule has 1 fully saturated rings. The topological polar surface area (TPSA) is 63.1 Å². The van der Waals surface area contributed by atoms with Crippen molar-refractivity contribution in [2.75, 3.05) is 11.5 Å². The van der Waals surface area contributed by atoms with Crippen LogP contribution in [0.3, 0.4) is 0 Å². The van der Waals surface area contributed by atoms with Crippen molar-refractivity contribution in [2.45, 2.75) is 24.3 Å². The van der Waals surface area contributed by atoms with Gasteiger partial charge in [0.15, 0.2) is 0 Å². The lowest BCUT2D eigenvalue weighted by atomic mass is 10.2. The van der Waals surface area contributed by atoms with Crippen LogP contribution < -0.4 is 0 Å². The highest BCUT2D eigenvalue weighted by Gasteiger charge is 2.27. The molecular weight excluding hydrogens is 256 g/mol. The molecule has 0 radical (unpaired) electrons. The van der Waals surface area contributed by atoms with Crippen molar-refractivity contribution >= 4 is 29.5 Å². The van der Waals surface area contributed by atoms with E-state index >= 15 is 0 Å². The maximum atomic E-state index is 10.9. The number of hydrogen-bond acceptors (Lipinski definition) is 5. The second kappa shape index (κ2) is 5.27. The molecule has 0 aromatic carbocycles. The third-order valence-electron chi connectivity index (χ3n) is 2.67. The van der Waals surface area contributed by atoms with Gasteiger partial charge in [-0.25, -0.2) is 14.8 Å². The molecule has 1 aliphatic rings. The monoisotopic (exact) mass is 270 g/mol. The Morgan fingerprint density at radius 2 is 2.18 bits per heavy atom. The first-order valence-corrected chi connectivity index (χ1v) is 7.49. The SMILES string of the molecule is Cc1nc(C2SCCSC2C)ncc1C(=O)O. The summed E-state index contributed by atoms with van der Waals surface area (Å²) in [4.78, 5) is 19.4. The second-order valence-corrected chi connectivity index (χ2v) is 6.63. The summed E-state index contributed by atoms with van der Waals surface area (Å²) in [5.74, 6) is 2.06. The predicted molar refractivity (Wildman–Crippen MR) is 70.8 cm³/mol. The molecule has 0 bridgehead atoms. The fraction of sp³-hybridized carbons (Fsp3) is 0.545. The van der Waals surface area contributed by atoms with Gasteiger partial charge in [-0.1, -0.05) is 6.92 Å². The molecule has 6 heteroatoms. The summed E-state index contributed by atoms with van der Waals surface area (Å²) in [6, 6.07) is 0. The molecule has 1 aromatic heterocycles. The minimum Gasteiger partial charge on any atom is -0.478 e. The molecule has 0 saturated carbocycles. The van der Waals surface area contributed by atoms with Gasteiger partial charge in [-0.15, -0.1) is 11.8 Å². The van der Waals surface area contributed by atoms with E-state index in [-0.39, 0.29) is 10.8 Å². The van der Waals surface area contributed by atoms with Gasteiger partial charge in [-0.05, 0) is 6.92 Å². The van der Waals surface area contributed by atoms with Gasteiger partial charge in [0, 0.05) is 23.0 Å². The maximum absolute atomic E-state index is 10.9. The Bertz CT molecular complexity index is 439. The van der Waals surface area contributed by atoms with Gasteiger partial charge >= 0.3 is 5.97 Å². The summed E-state index contributed by atoms with van der Waals surface area (Å²) < 4.78 is 0. The molecule has 2 unspecified atom stereocenters. The Kier molecular flexibility index (Phi) is 3.93. The number of carboxylic acid groups (broad SMARTS) is 1. The van der Waals surface area contributed by atoms with Gasteiger partial charge in [-0.3, -0.25) is 0 Å². The molecule has 1 saturated heterocycles. The van der Waals surface area contributed by atoms with E-state index in [1.54, 1.807) is 6.92 Å². The zero-order valence-electron chi connectivity index (χ0n) is 9.71. The summed E-state index contributed by atoms with van der Waals surface area (Å²) in [5, 5.41) is 9.68. The van der Waals surface area contributed by atoms with E-state index in [0.29, 0.717) is 10.9 Å². The van der Waals surface area contributed by atoms with Crippen molar-refractivity contribution in [3.8, 4) is 0 Å². The third-order valence-corrected chi connectivity index (χ3v) is 5.76. The molecule has 0 aliphatic carbocycles. The lowest BCUT2D eigenvalue weighted by Crippen LogP contribution is -2.19. The van der Waals surface area contributed by atoms with E-state index in [4.69, 9.17) is 5.11 Å². The minimum absolute atomic E-state index is 0.190. The maximum Gasteiger partial charge on any atom is 0.339 e. The zero-order chi connectivity index (χ0) is 12.4. The fourth-order valence-corrected chi connectivity index (χ4v) is 4.45. The van der Waals surface area contributed by atoms with E-state index < -0.39 is 5.97 Å². The number of carbonyl (C=O) groups is 1. The lowest BCUT2D eigenvalue weighted by molar-refractivity contribution is 0.0695. The molecule has 2 heterocycles. The molecule has 1 aliphatic heterocycles. The number of rotatable bonds is 2. The number of nitrogens with zero attached hydrogens (tertiary/aromatic N) is 2. The third kappa shape index (κ3) is 2.74. The molecule has 1 aromatic rings. The molecule has 1 N–H and O–H groups in total. The number of hydrogen-bond donors (Lipinski definition) is 1. The first kappa shape index (κ1) is 12.7. The zero-order valence-corrected chi connectivity index (χ0v) is 11.3. The van der Waals surface area contributed by atoms with Crippen LogP contribution in [0.2, 0.25) is 0 Å². The van der Waals surface area contributed by atoms with Crippen molar-refractivity contribution in [2.24, 2.45) is 0 Å². The Labute approximate surface area is 109 Å². The van der Waals surface area contributed by atoms with Crippen LogP contribution >= 0.6 is 23.5 Å². The standard InChI is InChI=1S/C11H14N2O2S2/c1-6-8(11(14)15)5-12-10(13-6)9-7(2)16-3-4-17-9/h5,7,9H,3-4H2,1-2H3,(H,14,15). The van der Waals surface area contributed by atoms with Gasteiger partial charge < -0.3 is 5.11 Å². The van der Waals surface area contributed by atoms with Crippen LogP contribution in [-0.2, 0) is 0 Å². The number of carboxylic acids is 1. The molecule has 4 nitrogen and oxygen atoms in total. The van der Waals surface area contributed by atoms with E-state index in [2.05, 4.69) is 16.9 Å². The smallest absolute Gasteiger partial charge is 0.339 e. The van der Waals surface area contributed by atoms with Crippen LogP contribution in [0.5, 0.6) is 0 Å². The van der Waals surface area contributed by atoms with Crippen molar-refractivity contribution < 1.29 is 9.90 Å². The van der Waals surface area contributed by atoms with E-state index in [1.165, 1.54) is 6.20 Å². The normalized spacial score (nSPS) is 24.6. The van der Waals surface area contributed by atoms with E-state index in [1.807, 2.05) is 23.5 Å². The average molecular weight is 270 g/mol. The van der Waals surface area contributed by atoms with Crippen LogP contribution in [0.1, 0.15) is 34.0 Å². The summed E-state index contributed by atoms with van der Waals surface area (Å²) >= 11 is 3.77. The first-order valence-electron chi connectivity index (χ1n) is 5.39. The molecular formula is C11H14N2O2S2.